The van der Waals surface area contributed by atoms with E-state index in [1.807, 2.05) is 0 Å². The third-order valence-electron chi connectivity index (χ3n) is 0.712. The van der Waals surface area contributed by atoms with E-state index >= 15 is 0 Å². The monoisotopic (exact) mass is 190 g/mol. The van der Waals surface area contributed by atoms with Gasteiger partial charge in [-0.1, -0.05) is 27.7 Å². The molecule has 0 amide bonds. The first kappa shape index (κ1) is 10.4. The number of carbonyl (C=O) groups is 1. The third-order valence-corrected chi connectivity index (χ3v) is 2.95. The third kappa shape index (κ3) is 4.72. The first-order valence-electron chi connectivity index (χ1n) is 2.58. The summed E-state index contributed by atoms with van der Waals surface area (Å²) in [5.41, 5.74) is 0. The Balaban J connectivity index is 0.000000292. The zero-order valence-corrected chi connectivity index (χ0v) is 7.15. The second kappa shape index (κ2) is 6.09. The molecule has 0 radical (unpaired) electrons. The molecule has 0 aromatic carbocycles. The molecule has 1 rings (SSSR count). The van der Waals surface area contributed by atoms with Gasteiger partial charge in [-0.3, -0.25) is 4.79 Å². The molecule has 0 saturated carbocycles. The number of rotatable bonds is 1. The van der Waals surface area contributed by atoms with Gasteiger partial charge in [-0.05, 0) is 12.0 Å². The van der Waals surface area contributed by atoms with E-state index in [2.05, 4.69) is 6.58 Å². The quantitative estimate of drug-likeness (QED) is 0.499. The molecule has 1 aliphatic rings. The summed E-state index contributed by atoms with van der Waals surface area (Å²) < 4.78 is 0. The van der Waals surface area contributed by atoms with Crippen molar-refractivity contribution in [2.75, 3.05) is 0 Å². The van der Waals surface area contributed by atoms with Crippen LogP contribution in [0.3, 0.4) is 0 Å². The Morgan fingerprint density at radius 3 is 2.45 bits per heavy atom. The van der Waals surface area contributed by atoms with E-state index in [0.29, 0.717) is 0 Å². The fourth-order valence-electron chi connectivity index (χ4n) is 0.351. The van der Waals surface area contributed by atoms with Crippen LogP contribution < -0.4 is 0 Å². The van der Waals surface area contributed by atoms with Gasteiger partial charge in [0, 0.05) is 0 Å². The molecule has 1 unspecified atom stereocenters. The highest BCUT2D eigenvalue weighted by Gasteiger charge is 2.17. The van der Waals surface area contributed by atoms with Gasteiger partial charge in [0.15, 0.2) is 0 Å². The van der Waals surface area contributed by atoms with Crippen molar-refractivity contribution in [3.05, 3.63) is 18.1 Å². The lowest BCUT2D eigenvalue weighted by Crippen LogP contribution is -2.09. The van der Waals surface area contributed by atoms with E-state index in [4.69, 9.17) is 9.90 Å². The molecule has 0 bridgehead atoms. The number of carboxylic acids is 1. The second-order valence-electron chi connectivity index (χ2n) is 1.42. The summed E-state index contributed by atoms with van der Waals surface area (Å²) in [6.07, 6.45) is 1.68. The van der Waals surface area contributed by atoms with Gasteiger partial charge in [-0.25, -0.2) is 4.79 Å². The maximum absolute atomic E-state index is 10.1. The van der Waals surface area contributed by atoms with Crippen LogP contribution in [-0.2, 0) is 9.59 Å². The molecule has 1 aliphatic heterocycles. The molecule has 60 valence electrons. The second-order valence-corrected chi connectivity index (χ2v) is 3.74. The largest absolute Gasteiger partial charge is 0.480 e. The lowest BCUT2D eigenvalue weighted by molar-refractivity contribution is -0.135. The smallest absolute Gasteiger partial charge is 0.321 e. The summed E-state index contributed by atoms with van der Waals surface area (Å²) in [4.78, 5) is 18.7. The van der Waals surface area contributed by atoms with Gasteiger partial charge in [-0.2, -0.15) is 0 Å². The van der Waals surface area contributed by atoms with Crippen LogP contribution in [0.4, 0.5) is 0 Å². The zero-order valence-electron chi connectivity index (χ0n) is 5.52. The highest BCUT2D eigenvalue weighted by atomic mass is 33.1. The Kier molecular flexibility index (Phi) is 5.74. The van der Waals surface area contributed by atoms with Gasteiger partial charge in [0.2, 0.25) is 0 Å². The molecule has 0 saturated heterocycles. The maximum atomic E-state index is 10.1. The van der Waals surface area contributed by atoms with Crippen LogP contribution in [-0.4, -0.2) is 22.3 Å². The number of carbonyl (C=O) groups excluding carboxylic acids is 1. The van der Waals surface area contributed by atoms with Gasteiger partial charge in [0.05, 0.1) is 0 Å². The first-order chi connectivity index (χ1) is 5.22. The van der Waals surface area contributed by atoms with Crippen LogP contribution in [0.1, 0.15) is 0 Å². The van der Waals surface area contributed by atoms with Crippen molar-refractivity contribution in [1.82, 2.24) is 0 Å². The van der Waals surface area contributed by atoms with E-state index in [-0.39, 0.29) is 5.25 Å². The van der Waals surface area contributed by atoms with E-state index in [1.165, 1.54) is 27.5 Å². The van der Waals surface area contributed by atoms with Crippen LogP contribution in [0.15, 0.2) is 18.1 Å². The minimum Gasteiger partial charge on any atom is -0.480 e. The van der Waals surface area contributed by atoms with Crippen molar-refractivity contribution < 1.29 is 14.7 Å². The number of aliphatic carboxylic acids is 1. The average molecular weight is 190 g/mol. The minimum atomic E-state index is -0.753. The molecule has 11 heavy (non-hydrogen) atoms. The van der Waals surface area contributed by atoms with E-state index in [9.17, 15) is 4.79 Å². The highest BCUT2D eigenvalue weighted by molar-refractivity contribution is 8.78. The zero-order chi connectivity index (χ0) is 8.69. The normalized spacial score (nSPS) is 19.8. The van der Waals surface area contributed by atoms with Gasteiger partial charge >= 0.3 is 5.97 Å². The molecule has 3 nitrogen and oxygen atoms in total. The molecule has 0 aliphatic carbocycles. The summed E-state index contributed by atoms with van der Waals surface area (Å²) in [6, 6.07) is 0. The SMILES string of the molecule is C=C=O.O=C(O)C1C=CSS1. The molecule has 0 fully saturated rings. The van der Waals surface area contributed by atoms with Crippen molar-refractivity contribution in [2.24, 2.45) is 0 Å². The molecular formula is C6H6O3S2. The fraction of sp³-hybridized carbons (Fsp3) is 0.167. The minimum absolute atomic E-state index is 0.319. The predicted molar refractivity (Wildman–Crippen MR) is 47.1 cm³/mol. The Morgan fingerprint density at radius 2 is 2.27 bits per heavy atom. The lowest BCUT2D eigenvalue weighted by atomic mass is 10.4. The number of carboxylic acid groups (broad SMARTS) is 1. The van der Waals surface area contributed by atoms with Gasteiger partial charge in [0.1, 0.15) is 11.2 Å². The molecule has 0 aromatic heterocycles. The van der Waals surface area contributed by atoms with E-state index < -0.39 is 5.97 Å². The number of hydrogen-bond donors (Lipinski definition) is 1. The summed E-state index contributed by atoms with van der Waals surface area (Å²) in [7, 11) is 2.82. The Hall–Kier alpha value is -0.640. The molecule has 1 heterocycles. The van der Waals surface area contributed by atoms with Crippen molar-refractivity contribution in [1.29, 1.82) is 0 Å². The average Bonchev–Trinajstić information content (AvgIpc) is 2.38. The van der Waals surface area contributed by atoms with Crippen LogP contribution in [0.5, 0.6) is 0 Å². The molecule has 1 atom stereocenters. The van der Waals surface area contributed by atoms with E-state index in [1.54, 1.807) is 11.5 Å². The van der Waals surface area contributed by atoms with Gasteiger partial charge in [0.25, 0.3) is 0 Å². The molecule has 1 N–H and O–H groups in total. The summed E-state index contributed by atoms with van der Waals surface area (Å²) >= 11 is 0. The first-order valence-corrected chi connectivity index (χ1v) is 4.85. The highest BCUT2D eigenvalue weighted by Crippen LogP contribution is 2.35. The number of hydrogen-bond acceptors (Lipinski definition) is 4. The molecule has 0 aromatic rings. The van der Waals surface area contributed by atoms with Crippen LogP contribution in [0.25, 0.3) is 0 Å². The molecule has 5 heteroatoms. The van der Waals surface area contributed by atoms with Crippen LogP contribution >= 0.6 is 21.6 Å². The summed E-state index contributed by atoms with van der Waals surface area (Å²) in [5, 5.41) is 9.80. The van der Waals surface area contributed by atoms with Crippen molar-refractivity contribution >= 4 is 33.5 Å². The fourth-order valence-corrected chi connectivity index (χ4v) is 2.26. The van der Waals surface area contributed by atoms with Gasteiger partial charge < -0.3 is 5.11 Å². The summed E-state index contributed by atoms with van der Waals surface area (Å²) in [6.45, 7) is 2.68. The standard InChI is InChI=1S/C4H4O2S2.C2H2O/c5-4(6)3-1-2-7-8-3;1-2-3/h1-3H,(H,5,6);1H2. The van der Waals surface area contributed by atoms with Crippen LogP contribution in [0.2, 0.25) is 0 Å². The predicted octanol–water partition coefficient (Wildman–Crippen LogP) is 1.35. The molecular weight excluding hydrogens is 184 g/mol. The Labute approximate surface area is 71.9 Å². The van der Waals surface area contributed by atoms with Crippen molar-refractivity contribution in [3.63, 3.8) is 0 Å². The topological polar surface area (TPSA) is 54.4 Å². The van der Waals surface area contributed by atoms with E-state index in [0.717, 1.165) is 0 Å². The van der Waals surface area contributed by atoms with Gasteiger partial charge in [-0.15, -0.1) is 0 Å². The lowest BCUT2D eigenvalue weighted by Gasteiger charge is -1.94. The maximum Gasteiger partial charge on any atom is 0.321 e. The molecule has 0 spiro atoms. The Morgan fingerprint density at radius 1 is 1.73 bits per heavy atom. The van der Waals surface area contributed by atoms with Crippen molar-refractivity contribution in [2.45, 2.75) is 5.25 Å². The summed E-state index contributed by atoms with van der Waals surface area (Å²) in [5.74, 6) is 0.497. The van der Waals surface area contributed by atoms with Crippen molar-refractivity contribution in [3.8, 4) is 0 Å². The van der Waals surface area contributed by atoms with Crippen LogP contribution in [0, 0.1) is 0 Å². The Bertz CT molecular complexity index is 194.